The van der Waals surface area contributed by atoms with Gasteiger partial charge in [-0.1, -0.05) is 6.07 Å². The molecule has 0 heterocycles. The number of ether oxygens (including phenoxy) is 2. The van der Waals surface area contributed by atoms with Gasteiger partial charge in [0, 0.05) is 13.1 Å². The van der Waals surface area contributed by atoms with Crippen molar-refractivity contribution in [2.75, 3.05) is 41.4 Å². The minimum atomic E-state index is -0.661. The third kappa shape index (κ3) is 5.78. The van der Waals surface area contributed by atoms with Gasteiger partial charge in [-0.15, -0.1) is 0 Å². The van der Waals surface area contributed by atoms with E-state index < -0.39 is 11.8 Å². The Morgan fingerprint density at radius 1 is 1.13 bits per heavy atom. The van der Waals surface area contributed by atoms with Crippen molar-refractivity contribution in [3.8, 4) is 11.5 Å². The lowest BCUT2D eigenvalue weighted by Crippen LogP contribution is -2.42. The zero-order valence-electron chi connectivity index (χ0n) is 14.3. The van der Waals surface area contributed by atoms with E-state index in [2.05, 4.69) is 10.6 Å². The van der Waals surface area contributed by atoms with Crippen LogP contribution in [0.2, 0.25) is 0 Å². The Bertz CT molecular complexity index is 546. The number of benzene rings is 1. The first-order valence-electron chi connectivity index (χ1n) is 7.34. The van der Waals surface area contributed by atoms with E-state index in [9.17, 15) is 9.59 Å². The molecular formula is C16H25N3O4. The van der Waals surface area contributed by atoms with E-state index in [1.807, 2.05) is 25.1 Å². The SMILES string of the molecule is COc1ccc(C(C)NC(=O)C(=O)NCCN(C)C)cc1OC. The molecule has 23 heavy (non-hydrogen) atoms. The maximum Gasteiger partial charge on any atom is 0.309 e. The molecule has 0 saturated heterocycles. The number of hydrogen-bond acceptors (Lipinski definition) is 5. The molecule has 1 unspecified atom stereocenters. The highest BCUT2D eigenvalue weighted by atomic mass is 16.5. The molecule has 1 rings (SSSR count). The van der Waals surface area contributed by atoms with E-state index in [0.29, 0.717) is 24.6 Å². The van der Waals surface area contributed by atoms with Gasteiger partial charge in [-0.05, 0) is 38.7 Å². The van der Waals surface area contributed by atoms with Crippen LogP contribution in [0.5, 0.6) is 11.5 Å². The molecule has 0 bridgehead atoms. The lowest BCUT2D eigenvalue weighted by Gasteiger charge is -2.16. The maximum absolute atomic E-state index is 11.9. The Morgan fingerprint density at radius 3 is 2.35 bits per heavy atom. The molecule has 0 fully saturated rings. The Balaban J connectivity index is 2.62. The number of nitrogens with one attached hydrogen (secondary N) is 2. The van der Waals surface area contributed by atoms with Crippen molar-refractivity contribution in [1.29, 1.82) is 0 Å². The maximum atomic E-state index is 11.9. The quantitative estimate of drug-likeness (QED) is 0.717. The standard InChI is InChI=1S/C16H25N3O4/c1-11(12-6-7-13(22-4)14(10-12)23-5)18-16(21)15(20)17-8-9-19(2)3/h6-7,10-11H,8-9H2,1-5H3,(H,17,20)(H,18,21). The average Bonchev–Trinajstić information content (AvgIpc) is 2.53. The Morgan fingerprint density at radius 2 is 1.78 bits per heavy atom. The number of nitrogens with zero attached hydrogens (tertiary/aromatic N) is 1. The molecule has 0 aliphatic heterocycles. The smallest absolute Gasteiger partial charge is 0.309 e. The minimum Gasteiger partial charge on any atom is -0.493 e. The van der Waals surface area contributed by atoms with E-state index in [-0.39, 0.29) is 6.04 Å². The number of rotatable bonds is 7. The summed E-state index contributed by atoms with van der Waals surface area (Å²) < 4.78 is 10.4. The number of carbonyl (C=O) groups is 2. The van der Waals surface area contributed by atoms with Crippen LogP contribution < -0.4 is 20.1 Å². The van der Waals surface area contributed by atoms with E-state index in [4.69, 9.17) is 9.47 Å². The van der Waals surface area contributed by atoms with Gasteiger partial charge in [-0.25, -0.2) is 0 Å². The molecule has 0 spiro atoms. The highest BCUT2D eigenvalue weighted by Crippen LogP contribution is 2.29. The summed E-state index contributed by atoms with van der Waals surface area (Å²) in [7, 11) is 6.89. The molecule has 1 aromatic rings. The monoisotopic (exact) mass is 323 g/mol. The summed E-state index contributed by atoms with van der Waals surface area (Å²) in [4.78, 5) is 25.5. The topological polar surface area (TPSA) is 79.9 Å². The van der Waals surface area contributed by atoms with Crippen molar-refractivity contribution in [2.45, 2.75) is 13.0 Å². The van der Waals surface area contributed by atoms with Crippen LogP contribution in [0.4, 0.5) is 0 Å². The van der Waals surface area contributed by atoms with E-state index in [1.54, 1.807) is 33.3 Å². The van der Waals surface area contributed by atoms with Crippen LogP contribution in [0.1, 0.15) is 18.5 Å². The van der Waals surface area contributed by atoms with Crippen LogP contribution in [0.3, 0.4) is 0 Å². The van der Waals surface area contributed by atoms with E-state index in [1.165, 1.54) is 0 Å². The molecule has 0 saturated carbocycles. The van der Waals surface area contributed by atoms with Gasteiger partial charge in [0.2, 0.25) is 0 Å². The van der Waals surface area contributed by atoms with Crippen molar-refractivity contribution in [2.24, 2.45) is 0 Å². The summed E-state index contributed by atoms with van der Waals surface area (Å²) >= 11 is 0. The molecule has 0 aliphatic carbocycles. The molecule has 2 N–H and O–H groups in total. The van der Waals surface area contributed by atoms with E-state index in [0.717, 1.165) is 5.56 Å². The van der Waals surface area contributed by atoms with Crippen LogP contribution in [0.25, 0.3) is 0 Å². The van der Waals surface area contributed by atoms with Gasteiger partial charge in [-0.2, -0.15) is 0 Å². The highest BCUT2D eigenvalue weighted by Gasteiger charge is 2.17. The number of likely N-dealkylation sites (N-methyl/N-ethyl adjacent to an activating group) is 1. The fourth-order valence-electron chi connectivity index (χ4n) is 1.94. The van der Waals surface area contributed by atoms with Gasteiger partial charge in [0.1, 0.15) is 0 Å². The Labute approximate surface area is 136 Å². The van der Waals surface area contributed by atoms with Gasteiger partial charge in [0.05, 0.1) is 20.3 Å². The van der Waals surface area contributed by atoms with Crippen LogP contribution in [-0.2, 0) is 9.59 Å². The molecule has 1 atom stereocenters. The number of amides is 2. The molecule has 0 aliphatic rings. The summed E-state index contributed by atoms with van der Waals surface area (Å²) in [6.45, 7) is 2.89. The normalized spacial score (nSPS) is 11.7. The Hall–Kier alpha value is -2.28. The number of carbonyl (C=O) groups excluding carboxylic acids is 2. The number of methoxy groups -OCH3 is 2. The molecule has 0 radical (unpaired) electrons. The van der Waals surface area contributed by atoms with E-state index >= 15 is 0 Å². The van der Waals surface area contributed by atoms with Crippen molar-refractivity contribution < 1.29 is 19.1 Å². The van der Waals surface area contributed by atoms with Gasteiger partial charge in [0.15, 0.2) is 11.5 Å². The average molecular weight is 323 g/mol. The van der Waals surface area contributed by atoms with Crippen LogP contribution >= 0.6 is 0 Å². The third-order valence-electron chi connectivity index (χ3n) is 3.31. The van der Waals surface area contributed by atoms with Gasteiger partial charge in [0.25, 0.3) is 0 Å². The molecule has 1 aromatic carbocycles. The summed E-state index contributed by atoms with van der Waals surface area (Å²) in [5.41, 5.74) is 0.817. The zero-order valence-corrected chi connectivity index (χ0v) is 14.3. The summed E-state index contributed by atoms with van der Waals surface area (Å²) in [5.74, 6) is -0.122. The van der Waals surface area contributed by atoms with Gasteiger partial charge >= 0.3 is 11.8 Å². The van der Waals surface area contributed by atoms with Crippen LogP contribution in [0.15, 0.2) is 18.2 Å². The first-order chi connectivity index (χ1) is 10.9. The largest absolute Gasteiger partial charge is 0.493 e. The first-order valence-corrected chi connectivity index (χ1v) is 7.34. The molecule has 0 aromatic heterocycles. The lowest BCUT2D eigenvalue weighted by molar-refractivity contribution is -0.139. The van der Waals surface area contributed by atoms with Gasteiger partial charge in [-0.3, -0.25) is 9.59 Å². The number of hydrogen-bond donors (Lipinski definition) is 2. The van der Waals surface area contributed by atoms with Crippen molar-refractivity contribution >= 4 is 11.8 Å². The second-order valence-corrected chi connectivity index (χ2v) is 5.37. The Kier molecular flexibility index (Phi) is 7.34. The minimum absolute atomic E-state index is 0.332. The molecule has 7 heteroatoms. The van der Waals surface area contributed by atoms with Crippen LogP contribution in [-0.4, -0.2) is 58.1 Å². The first kappa shape index (κ1) is 18.8. The van der Waals surface area contributed by atoms with Crippen LogP contribution in [0, 0.1) is 0 Å². The lowest BCUT2D eigenvalue weighted by atomic mass is 10.1. The van der Waals surface area contributed by atoms with Crippen molar-refractivity contribution in [3.05, 3.63) is 23.8 Å². The van der Waals surface area contributed by atoms with Crippen molar-refractivity contribution in [3.63, 3.8) is 0 Å². The predicted octanol–water partition coefficient (Wildman–Crippen LogP) is 0.559. The van der Waals surface area contributed by atoms with Gasteiger partial charge < -0.3 is 25.0 Å². The summed E-state index contributed by atoms with van der Waals surface area (Å²) in [5, 5.41) is 5.24. The second kappa shape index (κ2) is 8.99. The molecule has 7 nitrogen and oxygen atoms in total. The zero-order chi connectivity index (χ0) is 17.4. The molecular weight excluding hydrogens is 298 g/mol. The predicted molar refractivity (Wildman–Crippen MR) is 87.7 cm³/mol. The fraction of sp³-hybridized carbons (Fsp3) is 0.500. The fourth-order valence-corrected chi connectivity index (χ4v) is 1.94. The third-order valence-corrected chi connectivity index (χ3v) is 3.31. The highest BCUT2D eigenvalue weighted by molar-refractivity contribution is 6.35. The van der Waals surface area contributed by atoms with Crippen molar-refractivity contribution in [1.82, 2.24) is 15.5 Å². The second-order valence-electron chi connectivity index (χ2n) is 5.37. The summed E-state index contributed by atoms with van der Waals surface area (Å²) in [6, 6.07) is 5.01. The molecule has 128 valence electrons. The summed E-state index contributed by atoms with van der Waals surface area (Å²) in [6.07, 6.45) is 0. The molecule has 2 amide bonds.